The van der Waals surface area contributed by atoms with Gasteiger partial charge in [0.15, 0.2) is 0 Å². The average Bonchev–Trinajstić information content (AvgIpc) is 3.12. The zero-order valence-corrected chi connectivity index (χ0v) is 17.3. The molecule has 8 heteroatoms. The number of rotatable bonds is 4. The molecule has 164 valence electrons. The second-order valence-electron chi connectivity index (χ2n) is 8.36. The minimum absolute atomic E-state index is 0.0418. The van der Waals surface area contributed by atoms with Crippen molar-refractivity contribution < 1.29 is 23.1 Å². The number of hydrogen-bond donors (Lipinski definition) is 1. The summed E-state index contributed by atoms with van der Waals surface area (Å²) in [5, 5.41) is 2.84. The van der Waals surface area contributed by atoms with Crippen molar-refractivity contribution in [2.75, 3.05) is 6.61 Å². The van der Waals surface area contributed by atoms with Gasteiger partial charge >= 0.3 is 0 Å². The second-order valence-corrected chi connectivity index (χ2v) is 8.36. The smallest absolute Gasteiger partial charge is 0.257 e. The molecular formula is C23H25F2N3O3. The second kappa shape index (κ2) is 8.70. The first-order valence-corrected chi connectivity index (χ1v) is 10.5. The molecule has 4 rings (SSSR count). The molecule has 2 fully saturated rings. The van der Waals surface area contributed by atoms with E-state index in [1.165, 1.54) is 4.90 Å². The molecule has 0 unspecified atom stereocenters. The maximum absolute atomic E-state index is 13.8. The number of halogens is 2. The van der Waals surface area contributed by atoms with Crippen LogP contribution in [0, 0.1) is 17.6 Å². The number of hydrogen-bond acceptors (Lipinski definition) is 4. The molecule has 1 aromatic heterocycles. The number of nitrogens with one attached hydrogen (secondary N) is 1. The van der Waals surface area contributed by atoms with Crippen LogP contribution in [0.15, 0.2) is 42.7 Å². The van der Waals surface area contributed by atoms with Crippen LogP contribution < -0.4 is 5.32 Å². The van der Waals surface area contributed by atoms with Gasteiger partial charge < -0.3 is 10.1 Å². The molecule has 1 atom stereocenters. The summed E-state index contributed by atoms with van der Waals surface area (Å²) in [6.07, 6.45) is 6.09. The highest BCUT2D eigenvalue weighted by molar-refractivity contribution is 5.98. The molecule has 1 N–H and O–H groups in total. The van der Waals surface area contributed by atoms with E-state index in [1.807, 2.05) is 0 Å². The molecular weight excluding hydrogens is 404 g/mol. The van der Waals surface area contributed by atoms with Gasteiger partial charge in [0.05, 0.1) is 6.61 Å². The number of ether oxygens (including phenoxy) is 1. The van der Waals surface area contributed by atoms with Gasteiger partial charge in [0, 0.05) is 30.6 Å². The summed E-state index contributed by atoms with van der Waals surface area (Å²) >= 11 is 0. The largest absolute Gasteiger partial charge is 0.353 e. The monoisotopic (exact) mass is 429 g/mol. The summed E-state index contributed by atoms with van der Waals surface area (Å²) in [6.45, 7) is 2.45. The number of aromatic nitrogens is 1. The Bertz CT molecular complexity index is 942. The summed E-state index contributed by atoms with van der Waals surface area (Å²) in [5.74, 6) is -2.16. The predicted molar refractivity (Wildman–Crippen MR) is 109 cm³/mol. The minimum atomic E-state index is -0.939. The molecule has 2 aliphatic rings. The lowest BCUT2D eigenvalue weighted by Crippen LogP contribution is -2.56. The van der Waals surface area contributed by atoms with Gasteiger partial charge in [-0.15, -0.1) is 0 Å². The zero-order valence-electron chi connectivity index (χ0n) is 17.3. The van der Waals surface area contributed by atoms with Gasteiger partial charge in [-0.1, -0.05) is 6.92 Å². The van der Waals surface area contributed by atoms with Crippen molar-refractivity contribution in [2.24, 2.45) is 5.92 Å². The van der Waals surface area contributed by atoms with E-state index in [2.05, 4.69) is 17.2 Å². The van der Waals surface area contributed by atoms with Crippen LogP contribution in [0.5, 0.6) is 0 Å². The van der Waals surface area contributed by atoms with E-state index in [-0.39, 0.29) is 24.6 Å². The van der Waals surface area contributed by atoms with E-state index in [1.54, 1.807) is 24.5 Å². The molecule has 1 aliphatic carbocycles. The fraction of sp³-hybridized carbons (Fsp3) is 0.435. The molecule has 2 heterocycles. The standard InChI is InChI=1S/C23H25F2N3O3/c1-15-2-6-23(7-3-15)28(22(30)17-10-18(24)12-19(25)11-17)20(14-31-23)21(29)27-13-16-4-8-26-9-5-16/h4-5,8-12,15,20H,2-3,6-7,13-14H2,1H3,(H,27,29)/t15?,20-,23?/m0/s1. The Morgan fingerprint density at radius 1 is 1.16 bits per heavy atom. The topological polar surface area (TPSA) is 71.5 Å². The highest BCUT2D eigenvalue weighted by atomic mass is 19.1. The van der Waals surface area contributed by atoms with Crippen molar-refractivity contribution in [3.05, 3.63) is 65.5 Å². The fourth-order valence-electron chi connectivity index (χ4n) is 4.40. The van der Waals surface area contributed by atoms with E-state index >= 15 is 0 Å². The van der Waals surface area contributed by atoms with Crippen LogP contribution in [-0.2, 0) is 16.1 Å². The van der Waals surface area contributed by atoms with Crippen molar-refractivity contribution in [1.29, 1.82) is 0 Å². The van der Waals surface area contributed by atoms with Gasteiger partial charge in [-0.3, -0.25) is 19.5 Å². The molecule has 1 saturated heterocycles. The number of carbonyl (C=O) groups excluding carboxylic acids is 2. The van der Waals surface area contributed by atoms with Gasteiger partial charge in [-0.05, 0) is 61.4 Å². The van der Waals surface area contributed by atoms with Crippen molar-refractivity contribution in [1.82, 2.24) is 15.2 Å². The number of nitrogens with zero attached hydrogens (tertiary/aromatic N) is 2. The quantitative estimate of drug-likeness (QED) is 0.809. The number of amides is 2. The lowest BCUT2D eigenvalue weighted by atomic mass is 9.83. The summed E-state index contributed by atoms with van der Waals surface area (Å²) in [6, 6.07) is 5.40. The van der Waals surface area contributed by atoms with Crippen LogP contribution in [-0.4, -0.2) is 40.1 Å². The number of benzene rings is 1. The first kappa shape index (κ1) is 21.4. The van der Waals surface area contributed by atoms with E-state index in [0.29, 0.717) is 24.8 Å². The minimum Gasteiger partial charge on any atom is -0.353 e. The SMILES string of the molecule is CC1CCC2(CC1)OC[C@@H](C(=O)NCc1ccncc1)N2C(=O)c1cc(F)cc(F)c1. The highest BCUT2D eigenvalue weighted by Crippen LogP contribution is 2.43. The van der Waals surface area contributed by atoms with E-state index < -0.39 is 29.3 Å². The Hall–Kier alpha value is -2.87. The van der Waals surface area contributed by atoms with Crippen LogP contribution in [0.1, 0.15) is 48.5 Å². The Labute approximate surface area is 179 Å². The van der Waals surface area contributed by atoms with Crippen LogP contribution in [0.3, 0.4) is 0 Å². The normalized spacial score (nSPS) is 25.6. The van der Waals surface area contributed by atoms with E-state index in [0.717, 1.165) is 30.5 Å². The van der Waals surface area contributed by atoms with E-state index in [9.17, 15) is 18.4 Å². The fourth-order valence-corrected chi connectivity index (χ4v) is 4.40. The molecule has 1 aliphatic heterocycles. The molecule has 6 nitrogen and oxygen atoms in total. The maximum Gasteiger partial charge on any atom is 0.257 e. The number of pyridine rings is 1. The molecule has 1 aromatic carbocycles. The summed E-state index contributed by atoms with van der Waals surface area (Å²) < 4.78 is 33.7. The van der Waals surface area contributed by atoms with Crippen LogP contribution in [0.25, 0.3) is 0 Å². The predicted octanol–water partition coefficient (Wildman–Crippen LogP) is 3.42. The molecule has 1 spiro atoms. The number of carbonyl (C=O) groups is 2. The van der Waals surface area contributed by atoms with Crippen molar-refractivity contribution in [2.45, 2.75) is 50.9 Å². The molecule has 0 bridgehead atoms. The van der Waals surface area contributed by atoms with E-state index in [4.69, 9.17) is 4.74 Å². The molecule has 31 heavy (non-hydrogen) atoms. The third-order valence-corrected chi connectivity index (χ3v) is 6.16. The Morgan fingerprint density at radius 2 is 1.81 bits per heavy atom. The van der Waals surface area contributed by atoms with Gasteiger partial charge in [0.1, 0.15) is 23.4 Å². The Kier molecular flexibility index (Phi) is 6.00. The third-order valence-electron chi connectivity index (χ3n) is 6.16. The van der Waals surface area contributed by atoms with Crippen molar-refractivity contribution >= 4 is 11.8 Å². The Balaban J connectivity index is 1.60. The zero-order chi connectivity index (χ0) is 22.0. The summed E-state index contributed by atoms with van der Waals surface area (Å²) in [5.41, 5.74) is -0.202. The highest BCUT2D eigenvalue weighted by Gasteiger charge is 2.53. The summed E-state index contributed by atoms with van der Waals surface area (Å²) in [7, 11) is 0. The average molecular weight is 429 g/mol. The lowest BCUT2D eigenvalue weighted by Gasteiger charge is -2.43. The van der Waals surface area contributed by atoms with Crippen molar-refractivity contribution in [3.8, 4) is 0 Å². The molecule has 2 amide bonds. The molecule has 0 radical (unpaired) electrons. The van der Waals surface area contributed by atoms with Crippen molar-refractivity contribution in [3.63, 3.8) is 0 Å². The lowest BCUT2D eigenvalue weighted by molar-refractivity contribution is -0.128. The molecule has 1 saturated carbocycles. The molecule has 2 aromatic rings. The van der Waals surface area contributed by atoms with Crippen LogP contribution in [0.4, 0.5) is 8.78 Å². The third kappa shape index (κ3) is 4.44. The Morgan fingerprint density at radius 3 is 2.45 bits per heavy atom. The van der Waals surface area contributed by atoms with Gasteiger partial charge in [-0.25, -0.2) is 8.78 Å². The van der Waals surface area contributed by atoms with Gasteiger partial charge in [0.2, 0.25) is 5.91 Å². The van der Waals surface area contributed by atoms with Gasteiger partial charge in [-0.2, -0.15) is 0 Å². The van der Waals surface area contributed by atoms with Crippen LogP contribution in [0.2, 0.25) is 0 Å². The summed E-state index contributed by atoms with van der Waals surface area (Å²) in [4.78, 5) is 31.8. The maximum atomic E-state index is 13.8. The van der Waals surface area contributed by atoms with Gasteiger partial charge in [0.25, 0.3) is 5.91 Å². The van der Waals surface area contributed by atoms with Crippen LogP contribution >= 0.6 is 0 Å². The first-order chi connectivity index (χ1) is 14.9. The first-order valence-electron chi connectivity index (χ1n) is 10.5.